The van der Waals surface area contributed by atoms with E-state index >= 15 is 0 Å². The third-order valence-corrected chi connectivity index (χ3v) is 2.66. The molecule has 0 aromatic heterocycles. The average molecular weight is 228 g/mol. The molecule has 0 aromatic rings. The number of carbonyl (C=O) groups excluding carboxylic acids is 1. The Labute approximate surface area is 98.2 Å². The van der Waals surface area contributed by atoms with Crippen molar-refractivity contribution in [3.05, 3.63) is 0 Å². The van der Waals surface area contributed by atoms with Gasteiger partial charge >= 0.3 is 5.97 Å². The molecule has 0 saturated carbocycles. The number of hydrogen-bond acceptors (Lipinski definition) is 2. The van der Waals surface area contributed by atoms with E-state index in [4.69, 9.17) is 5.11 Å². The number of aliphatic carboxylic acids is 1. The summed E-state index contributed by atoms with van der Waals surface area (Å²) in [7, 11) is 0. The van der Waals surface area contributed by atoms with Gasteiger partial charge in [-0.3, -0.25) is 9.59 Å². The minimum Gasteiger partial charge on any atom is -0.481 e. The molecule has 3 heteroatoms. The summed E-state index contributed by atoms with van der Waals surface area (Å²) in [5, 5.41) is 8.42. The Bertz CT molecular complexity index is 199. The highest BCUT2D eigenvalue weighted by molar-refractivity contribution is 5.78. The Balaban J connectivity index is 3.18. The largest absolute Gasteiger partial charge is 0.481 e. The van der Waals surface area contributed by atoms with Crippen LogP contribution in [0.1, 0.15) is 71.1 Å². The normalized spacial score (nSPS) is 10.3. The molecule has 94 valence electrons. The number of ketones is 1. The third kappa shape index (κ3) is 11.2. The summed E-state index contributed by atoms with van der Waals surface area (Å²) >= 11 is 0. The van der Waals surface area contributed by atoms with Gasteiger partial charge in [-0.1, -0.05) is 32.6 Å². The number of carbonyl (C=O) groups is 2. The van der Waals surface area contributed by atoms with E-state index in [1.807, 2.05) is 0 Å². The third-order valence-electron chi connectivity index (χ3n) is 2.66. The van der Waals surface area contributed by atoms with Gasteiger partial charge in [0.2, 0.25) is 0 Å². The molecule has 0 heterocycles. The molecule has 0 aliphatic heterocycles. The topological polar surface area (TPSA) is 54.4 Å². The standard InChI is InChI=1S/C13H24O3/c1-2-3-6-9-12(14)10-7-4-5-8-11-13(15)16/h2-11H2,1H3,(H,15,16). The van der Waals surface area contributed by atoms with E-state index < -0.39 is 5.97 Å². The van der Waals surface area contributed by atoms with Crippen LogP contribution in [0.4, 0.5) is 0 Å². The van der Waals surface area contributed by atoms with Gasteiger partial charge in [-0.15, -0.1) is 0 Å². The molecule has 3 nitrogen and oxygen atoms in total. The number of Topliss-reactive ketones (excluding diaryl/α,β-unsaturated/α-hetero) is 1. The lowest BCUT2D eigenvalue weighted by atomic mass is 10.0. The molecule has 0 atom stereocenters. The fourth-order valence-electron chi connectivity index (χ4n) is 1.65. The fraction of sp³-hybridized carbons (Fsp3) is 0.846. The zero-order chi connectivity index (χ0) is 12.2. The van der Waals surface area contributed by atoms with Crippen LogP contribution in [0.2, 0.25) is 0 Å². The summed E-state index contributed by atoms with van der Waals surface area (Å²) in [5.74, 6) is -0.359. The van der Waals surface area contributed by atoms with Gasteiger partial charge in [-0.25, -0.2) is 0 Å². The van der Waals surface area contributed by atoms with Crippen LogP contribution in [-0.4, -0.2) is 16.9 Å². The molecule has 0 aromatic carbocycles. The first kappa shape index (κ1) is 15.1. The van der Waals surface area contributed by atoms with Crippen LogP contribution in [-0.2, 0) is 9.59 Å². The molecule has 0 unspecified atom stereocenters. The van der Waals surface area contributed by atoms with Crippen molar-refractivity contribution in [2.75, 3.05) is 0 Å². The predicted octanol–water partition coefficient (Wildman–Crippen LogP) is 3.56. The van der Waals surface area contributed by atoms with Crippen molar-refractivity contribution in [2.24, 2.45) is 0 Å². The minimum absolute atomic E-state index is 0.254. The summed E-state index contributed by atoms with van der Waals surface area (Å²) in [6.45, 7) is 2.13. The minimum atomic E-state index is -0.726. The number of carboxylic acids is 1. The Morgan fingerprint density at radius 2 is 1.31 bits per heavy atom. The zero-order valence-corrected chi connectivity index (χ0v) is 10.3. The number of hydrogen-bond donors (Lipinski definition) is 1. The molecular formula is C13H24O3. The molecular weight excluding hydrogens is 204 g/mol. The average Bonchev–Trinajstić information content (AvgIpc) is 2.23. The van der Waals surface area contributed by atoms with Crippen LogP contribution >= 0.6 is 0 Å². The molecule has 16 heavy (non-hydrogen) atoms. The maximum atomic E-state index is 11.4. The molecule has 0 aliphatic rings. The molecule has 0 spiro atoms. The molecule has 0 bridgehead atoms. The van der Waals surface area contributed by atoms with E-state index in [0.29, 0.717) is 12.2 Å². The first-order valence-electron chi connectivity index (χ1n) is 6.40. The van der Waals surface area contributed by atoms with Gasteiger partial charge in [-0.2, -0.15) is 0 Å². The van der Waals surface area contributed by atoms with Crippen LogP contribution in [0, 0.1) is 0 Å². The zero-order valence-electron chi connectivity index (χ0n) is 10.3. The predicted molar refractivity (Wildman–Crippen MR) is 64.5 cm³/mol. The Kier molecular flexibility index (Phi) is 10.1. The lowest BCUT2D eigenvalue weighted by molar-refractivity contribution is -0.137. The maximum absolute atomic E-state index is 11.4. The second kappa shape index (κ2) is 10.7. The van der Waals surface area contributed by atoms with E-state index in [1.165, 1.54) is 0 Å². The van der Waals surface area contributed by atoms with Gasteiger partial charge in [0.25, 0.3) is 0 Å². The van der Waals surface area contributed by atoms with Crippen molar-refractivity contribution in [1.82, 2.24) is 0 Å². The van der Waals surface area contributed by atoms with Crippen molar-refractivity contribution in [3.63, 3.8) is 0 Å². The molecule has 0 amide bonds. The smallest absolute Gasteiger partial charge is 0.303 e. The highest BCUT2D eigenvalue weighted by Crippen LogP contribution is 2.08. The van der Waals surface area contributed by atoms with E-state index in [-0.39, 0.29) is 6.42 Å². The Morgan fingerprint density at radius 3 is 1.81 bits per heavy atom. The Morgan fingerprint density at radius 1 is 0.812 bits per heavy atom. The second-order valence-corrected chi connectivity index (χ2v) is 4.30. The Hall–Kier alpha value is -0.860. The lowest BCUT2D eigenvalue weighted by Crippen LogP contribution is -1.98. The summed E-state index contributed by atoms with van der Waals surface area (Å²) in [5.41, 5.74) is 0. The van der Waals surface area contributed by atoms with Gasteiger partial charge in [0, 0.05) is 19.3 Å². The molecule has 0 aliphatic carbocycles. The maximum Gasteiger partial charge on any atom is 0.303 e. The monoisotopic (exact) mass is 228 g/mol. The van der Waals surface area contributed by atoms with Crippen molar-refractivity contribution in [2.45, 2.75) is 71.1 Å². The van der Waals surface area contributed by atoms with Gasteiger partial charge in [0.1, 0.15) is 5.78 Å². The first-order chi connectivity index (χ1) is 7.66. The summed E-state index contributed by atoms with van der Waals surface area (Å²) in [6.07, 6.45) is 8.54. The van der Waals surface area contributed by atoms with E-state index in [0.717, 1.165) is 51.4 Å². The van der Waals surface area contributed by atoms with Crippen molar-refractivity contribution < 1.29 is 14.7 Å². The van der Waals surface area contributed by atoms with Crippen molar-refractivity contribution in [3.8, 4) is 0 Å². The lowest BCUT2D eigenvalue weighted by Gasteiger charge is -2.00. The highest BCUT2D eigenvalue weighted by atomic mass is 16.4. The fourth-order valence-corrected chi connectivity index (χ4v) is 1.65. The van der Waals surface area contributed by atoms with Gasteiger partial charge in [-0.05, 0) is 19.3 Å². The summed E-state index contributed by atoms with van der Waals surface area (Å²) < 4.78 is 0. The number of carboxylic acid groups (broad SMARTS) is 1. The second-order valence-electron chi connectivity index (χ2n) is 4.30. The molecule has 0 fully saturated rings. The van der Waals surface area contributed by atoms with Crippen LogP contribution in [0.3, 0.4) is 0 Å². The highest BCUT2D eigenvalue weighted by Gasteiger charge is 2.01. The molecule has 0 saturated heterocycles. The van der Waals surface area contributed by atoms with Crippen molar-refractivity contribution in [1.29, 1.82) is 0 Å². The van der Waals surface area contributed by atoms with Crippen LogP contribution in [0.5, 0.6) is 0 Å². The summed E-state index contributed by atoms with van der Waals surface area (Å²) in [4.78, 5) is 21.6. The molecule has 0 rings (SSSR count). The number of unbranched alkanes of at least 4 members (excludes halogenated alkanes) is 5. The quantitative estimate of drug-likeness (QED) is 0.550. The van der Waals surface area contributed by atoms with Crippen molar-refractivity contribution >= 4 is 11.8 Å². The van der Waals surface area contributed by atoms with E-state index in [1.54, 1.807) is 0 Å². The first-order valence-corrected chi connectivity index (χ1v) is 6.40. The summed E-state index contributed by atoms with van der Waals surface area (Å²) in [6, 6.07) is 0. The van der Waals surface area contributed by atoms with Crippen LogP contribution < -0.4 is 0 Å². The SMILES string of the molecule is CCCCCC(=O)CCCCCCC(=O)O. The van der Waals surface area contributed by atoms with Gasteiger partial charge in [0.15, 0.2) is 0 Å². The van der Waals surface area contributed by atoms with Crippen LogP contribution in [0.25, 0.3) is 0 Å². The van der Waals surface area contributed by atoms with E-state index in [2.05, 4.69) is 6.92 Å². The molecule has 1 N–H and O–H groups in total. The van der Waals surface area contributed by atoms with Crippen LogP contribution in [0.15, 0.2) is 0 Å². The molecule has 0 radical (unpaired) electrons. The van der Waals surface area contributed by atoms with Gasteiger partial charge in [0.05, 0.1) is 0 Å². The van der Waals surface area contributed by atoms with E-state index in [9.17, 15) is 9.59 Å². The van der Waals surface area contributed by atoms with Gasteiger partial charge < -0.3 is 5.11 Å². The number of rotatable bonds is 11.